The van der Waals surface area contributed by atoms with Crippen molar-refractivity contribution in [2.24, 2.45) is 10.7 Å². The van der Waals surface area contributed by atoms with E-state index in [-0.39, 0.29) is 6.10 Å². The van der Waals surface area contributed by atoms with Gasteiger partial charge >= 0.3 is 0 Å². The van der Waals surface area contributed by atoms with Gasteiger partial charge in [0.1, 0.15) is 28.9 Å². The number of halogens is 2. The third-order valence-corrected chi connectivity index (χ3v) is 6.41. The number of fused-ring (bicyclic) bond motifs is 1. The van der Waals surface area contributed by atoms with E-state index in [2.05, 4.69) is 9.89 Å². The van der Waals surface area contributed by atoms with E-state index in [4.69, 9.17) is 37.0 Å². The Kier molecular flexibility index (Phi) is 6.18. The predicted octanol–water partition coefficient (Wildman–Crippen LogP) is 4.38. The number of aryl methyl sites for hydroxylation is 2. The van der Waals surface area contributed by atoms with Crippen molar-refractivity contribution in [1.82, 2.24) is 15.0 Å². The SMILES string of the molecule is Cc1nc2cc(N3CCO[C@@H](/C(C=NC4CC4)=C/N)C3)nc(-c3ccc(Cl)cc3F)c2nc1C. The molecular formula is C25H26ClFN6O. The van der Waals surface area contributed by atoms with Crippen LogP contribution in [0.2, 0.25) is 5.02 Å². The number of rotatable bonds is 5. The molecule has 3 aromatic rings. The van der Waals surface area contributed by atoms with Gasteiger partial charge in [-0.05, 0) is 44.9 Å². The molecular weight excluding hydrogens is 455 g/mol. The van der Waals surface area contributed by atoms with Crippen LogP contribution in [0.5, 0.6) is 0 Å². The average molecular weight is 481 g/mol. The number of nitrogens with two attached hydrogens (primary N) is 1. The van der Waals surface area contributed by atoms with E-state index in [1.807, 2.05) is 26.1 Å². The zero-order chi connectivity index (χ0) is 23.8. The summed E-state index contributed by atoms with van der Waals surface area (Å²) in [6.07, 6.45) is 5.39. The Morgan fingerprint density at radius 2 is 2.00 bits per heavy atom. The lowest BCUT2D eigenvalue weighted by atomic mass is 10.1. The maximum Gasteiger partial charge on any atom is 0.134 e. The first kappa shape index (κ1) is 22.7. The molecule has 1 atom stereocenters. The molecule has 7 nitrogen and oxygen atoms in total. The van der Waals surface area contributed by atoms with Crippen LogP contribution in [0.1, 0.15) is 24.2 Å². The van der Waals surface area contributed by atoms with Crippen molar-refractivity contribution >= 4 is 34.7 Å². The topological polar surface area (TPSA) is 89.5 Å². The summed E-state index contributed by atoms with van der Waals surface area (Å²) in [4.78, 5) is 20.9. The van der Waals surface area contributed by atoms with E-state index in [0.717, 1.165) is 29.8 Å². The highest BCUT2D eigenvalue weighted by molar-refractivity contribution is 6.30. The number of hydrogen-bond donors (Lipinski definition) is 1. The smallest absolute Gasteiger partial charge is 0.134 e. The normalized spacial score (nSPS) is 19.4. The minimum Gasteiger partial charge on any atom is -0.404 e. The van der Waals surface area contributed by atoms with Gasteiger partial charge < -0.3 is 15.4 Å². The van der Waals surface area contributed by atoms with E-state index in [1.165, 1.54) is 6.07 Å². The molecule has 0 bridgehead atoms. The van der Waals surface area contributed by atoms with Gasteiger partial charge in [0.15, 0.2) is 0 Å². The lowest BCUT2D eigenvalue weighted by molar-refractivity contribution is 0.0677. The number of pyridine rings is 1. The molecule has 1 saturated carbocycles. The second-order valence-corrected chi connectivity index (χ2v) is 9.13. The number of benzene rings is 1. The van der Waals surface area contributed by atoms with Crippen molar-refractivity contribution in [2.45, 2.75) is 38.8 Å². The maximum absolute atomic E-state index is 14.9. The summed E-state index contributed by atoms with van der Waals surface area (Å²) in [5.41, 5.74) is 10.3. The van der Waals surface area contributed by atoms with Crippen molar-refractivity contribution in [3.8, 4) is 11.3 Å². The largest absolute Gasteiger partial charge is 0.404 e. The average Bonchev–Trinajstić information content (AvgIpc) is 3.65. The molecule has 0 spiro atoms. The van der Waals surface area contributed by atoms with Crippen molar-refractivity contribution in [1.29, 1.82) is 0 Å². The van der Waals surface area contributed by atoms with Gasteiger partial charge in [-0.2, -0.15) is 0 Å². The molecule has 2 aliphatic rings. The lowest BCUT2D eigenvalue weighted by Crippen LogP contribution is -2.44. The predicted molar refractivity (Wildman–Crippen MR) is 133 cm³/mol. The lowest BCUT2D eigenvalue weighted by Gasteiger charge is -2.34. The molecule has 176 valence electrons. The monoisotopic (exact) mass is 480 g/mol. The van der Waals surface area contributed by atoms with Crippen LogP contribution in [0.15, 0.2) is 41.0 Å². The maximum atomic E-state index is 14.9. The molecule has 34 heavy (non-hydrogen) atoms. The number of aliphatic imine (C=N–C) groups is 1. The first-order chi connectivity index (χ1) is 16.4. The highest BCUT2D eigenvalue weighted by Crippen LogP contribution is 2.32. The summed E-state index contributed by atoms with van der Waals surface area (Å²) in [6, 6.07) is 6.87. The van der Waals surface area contributed by atoms with Gasteiger partial charge in [0.05, 0.1) is 29.6 Å². The fourth-order valence-electron chi connectivity index (χ4n) is 3.96. The molecule has 1 aliphatic carbocycles. The van der Waals surface area contributed by atoms with Crippen molar-refractivity contribution < 1.29 is 9.13 Å². The Balaban J connectivity index is 1.56. The van der Waals surface area contributed by atoms with Crippen LogP contribution >= 0.6 is 11.6 Å². The zero-order valence-corrected chi connectivity index (χ0v) is 19.9. The molecule has 2 aromatic heterocycles. The number of nitrogens with zero attached hydrogens (tertiary/aromatic N) is 5. The molecule has 9 heteroatoms. The first-order valence-electron chi connectivity index (χ1n) is 11.4. The minimum absolute atomic E-state index is 0.236. The summed E-state index contributed by atoms with van der Waals surface area (Å²) in [7, 11) is 0. The van der Waals surface area contributed by atoms with Gasteiger partial charge in [-0.25, -0.2) is 19.3 Å². The molecule has 2 fully saturated rings. The van der Waals surface area contributed by atoms with E-state index in [9.17, 15) is 4.39 Å². The van der Waals surface area contributed by atoms with Gasteiger partial charge in [-0.3, -0.25) is 4.99 Å². The van der Waals surface area contributed by atoms with Gasteiger partial charge in [0, 0.05) is 47.7 Å². The fourth-order valence-corrected chi connectivity index (χ4v) is 4.12. The van der Waals surface area contributed by atoms with Crippen molar-refractivity contribution in [2.75, 3.05) is 24.6 Å². The molecule has 1 aromatic carbocycles. The van der Waals surface area contributed by atoms with Crippen molar-refractivity contribution in [3.05, 3.63) is 58.3 Å². The highest BCUT2D eigenvalue weighted by Gasteiger charge is 2.27. The number of morpholine rings is 1. The first-order valence-corrected chi connectivity index (χ1v) is 11.7. The standard InChI is InChI=1S/C25H26ClFN6O/c1-14-15(2)31-25-21(30-14)10-23(32-24(25)19-6-3-17(26)9-20(19)27)33-7-8-34-22(13-33)16(11-28)12-29-18-4-5-18/h3,6,9-12,18,22H,4-5,7-8,13,28H2,1-2H3/b16-11+,29-12?/t22-/m1/s1. The Labute approximate surface area is 202 Å². The second-order valence-electron chi connectivity index (χ2n) is 8.70. The summed E-state index contributed by atoms with van der Waals surface area (Å²) in [5.74, 6) is 0.223. The third kappa shape index (κ3) is 4.60. The molecule has 0 radical (unpaired) electrons. The van der Waals surface area contributed by atoms with Gasteiger partial charge in [0.2, 0.25) is 0 Å². The summed E-state index contributed by atoms with van der Waals surface area (Å²) in [5, 5.41) is 0.324. The highest BCUT2D eigenvalue weighted by atomic mass is 35.5. The van der Waals surface area contributed by atoms with Gasteiger partial charge in [-0.15, -0.1) is 0 Å². The fraction of sp³-hybridized carbons (Fsp3) is 0.360. The number of ether oxygens (including phenoxy) is 1. The summed E-state index contributed by atoms with van der Waals surface area (Å²) >= 11 is 5.99. The Bertz CT molecular complexity index is 1310. The summed E-state index contributed by atoms with van der Waals surface area (Å²) < 4.78 is 20.9. The number of anilines is 1. The molecule has 1 aliphatic heterocycles. The summed E-state index contributed by atoms with van der Waals surface area (Å²) in [6.45, 7) is 5.47. The van der Waals surface area contributed by atoms with Crippen LogP contribution in [-0.4, -0.2) is 53.0 Å². The Hall–Kier alpha value is -3.10. The van der Waals surface area contributed by atoms with E-state index >= 15 is 0 Å². The molecule has 2 N–H and O–H groups in total. The quantitative estimate of drug-likeness (QED) is 0.545. The van der Waals surface area contributed by atoms with Crippen LogP contribution < -0.4 is 10.6 Å². The molecule has 5 rings (SSSR count). The Morgan fingerprint density at radius 3 is 2.74 bits per heavy atom. The third-order valence-electron chi connectivity index (χ3n) is 6.17. The molecule has 0 amide bonds. The number of aromatic nitrogens is 3. The van der Waals surface area contributed by atoms with Crippen LogP contribution in [0.25, 0.3) is 22.3 Å². The van der Waals surface area contributed by atoms with Crippen molar-refractivity contribution in [3.63, 3.8) is 0 Å². The van der Waals surface area contributed by atoms with Crippen LogP contribution in [0.4, 0.5) is 10.2 Å². The van der Waals surface area contributed by atoms with E-state index in [0.29, 0.717) is 58.9 Å². The zero-order valence-electron chi connectivity index (χ0n) is 19.1. The second kappa shape index (κ2) is 9.27. The van der Waals surface area contributed by atoms with Crippen LogP contribution in [0.3, 0.4) is 0 Å². The van der Waals surface area contributed by atoms with Gasteiger partial charge in [0.25, 0.3) is 0 Å². The van der Waals surface area contributed by atoms with E-state index in [1.54, 1.807) is 18.3 Å². The van der Waals surface area contributed by atoms with Crippen LogP contribution in [0, 0.1) is 19.7 Å². The molecule has 0 unspecified atom stereocenters. The Morgan fingerprint density at radius 1 is 1.21 bits per heavy atom. The van der Waals surface area contributed by atoms with Gasteiger partial charge in [-0.1, -0.05) is 11.6 Å². The van der Waals surface area contributed by atoms with Crippen LogP contribution in [-0.2, 0) is 4.74 Å². The minimum atomic E-state index is -0.456. The van der Waals surface area contributed by atoms with E-state index < -0.39 is 5.82 Å². The molecule has 3 heterocycles. The molecule has 1 saturated heterocycles. The number of hydrogen-bond acceptors (Lipinski definition) is 7.